The average Bonchev–Trinajstić information content (AvgIpc) is 3.09. The molecule has 0 radical (unpaired) electrons. The van der Waals surface area contributed by atoms with Crippen LogP contribution in [-0.4, -0.2) is 29.3 Å². The zero-order chi connectivity index (χ0) is 18.8. The third-order valence-electron chi connectivity index (χ3n) is 3.92. The van der Waals surface area contributed by atoms with Crippen LogP contribution in [0.15, 0.2) is 50.2 Å². The van der Waals surface area contributed by atoms with Gasteiger partial charge in [0.2, 0.25) is 5.91 Å². The molecular formula is C18H14BrN3O5. The molecule has 8 nitrogen and oxygen atoms in total. The predicted octanol–water partition coefficient (Wildman–Crippen LogP) is 2.74. The second-order valence-electron chi connectivity index (χ2n) is 5.84. The van der Waals surface area contributed by atoms with E-state index in [1.807, 2.05) is 0 Å². The summed E-state index contributed by atoms with van der Waals surface area (Å²) in [5.41, 5.74) is 1.99. The van der Waals surface area contributed by atoms with Crippen molar-refractivity contribution < 1.29 is 18.8 Å². The van der Waals surface area contributed by atoms with E-state index in [0.29, 0.717) is 41.8 Å². The van der Waals surface area contributed by atoms with Gasteiger partial charge in [-0.25, -0.2) is 4.79 Å². The Bertz CT molecular complexity index is 1060. The van der Waals surface area contributed by atoms with E-state index in [9.17, 15) is 9.59 Å². The first-order valence-corrected chi connectivity index (χ1v) is 8.92. The fraction of sp³-hybridized carbons (Fsp3) is 0.167. The van der Waals surface area contributed by atoms with Crippen LogP contribution in [-0.2, 0) is 11.2 Å². The number of nitrogens with one attached hydrogen (secondary N) is 2. The van der Waals surface area contributed by atoms with Gasteiger partial charge >= 0.3 is 5.76 Å². The molecule has 27 heavy (non-hydrogen) atoms. The lowest BCUT2D eigenvalue weighted by Crippen LogP contribution is -2.17. The van der Waals surface area contributed by atoms with Crippen LogP contribution in [0.4, 0.5) is 5.69 Å². The van der Waals surface area contributed by atoms with Crippen LogP contribution in [0.5, 0.6) is 11.5 Å². The number of halogens is 1. The standard InChI is InChI=1S/C18H14BrN3O5/c19-13-9-15-14(25-4-5-26-15)7-11(13)8-16(23)20-12-3-1-2-10(6-12)17-21-18(24)27-22-17/h1-3,6-7,9H,4-5,8H2,(H,20,23)(H,21,22,24). The van der Waals surface area contributed by atoms with Crippen molar-refractivity contribution in [1.29, 1.82) is 0 Å². The SMILES string of the molecule is O=C(Cc1cc2c(cc1Br)OCCO2)Nc1cccc(-c2noc(=O)[nH]2)c1. The maximum atomic E-state index is 12.5. The molecule has 2 N–H and O–H groups in total. The Morgan fingerprint density at radius 3 is 2.70 bits per heavy atom. The van der Waals surface area contributed by atoms with Crippen LogP contribution >= 0.6 is 15.9 Å². The molecule has 138 valence electrons. The largest absolute Gasteiger partial charge is 0.486 e. The molecule has 0 bridgehead atoms. The first-order chi connectivity index (χ1) is 13.1. The number of fused-ring (bicyclic) bond motifs is 1. The molecule has 0 fully saturated rings. The van der Waals surface area contributed by atoms with E-state index in [-0.39, 0.29) is 12.3 Å². The molecule has 1 aliphatic heterocycles. The zero-order valence-corrected chi connectivity index (χ0v) is 15.5. The van der Waals surface area contributed by atoms with E-state index in [4.69, 9.17) is 9.47 Å². The number of hydrogen-bond donors (Lipinski definition) is 2. The van der Waals surface area contributed by atoms with E-state index < -0.39 is 5.76 Å². The maximum absolute atomic E-state index is 12.5. The Kier molecular flexibility index (Phi) is 4.68. The van der Waals surface area contributed by atoms with Crippen LogP contribution in [0, 0.1) is 0 Å². The van der Waals surface area contributed by atoms with Gasteiger partial charge in [0.05, 0.1) is 6.42 Å². The first kappa shape index (κ1) is 17.3. The lowest BCUT2D eigenvalue weighted by atomic mass is 10.1. The second kappa shape index (κ2) is 7.28. The fourth-order valence-corrected chi connectivity index (χ4v) is 3.18. The minimum absolute atomic E-state index is 0.155. The van der Waals surface area contributed by atoms with Crippen molar-refractivity contribution in [2.75, 3.05) is 18.5 Å². The molecular weight excluding hydrogens is 418 g/mol. The van der Waals surface area contributed by atoms with Gasteiger partial charge in [-0.3, -0.25) is 14.3 Å². The van der Waals surface area contributed by atoms with Crippen molar-refractivity contribution in [1.82, 2.24) is 10.1 Å². The van der Waals surface area contributed by atoms with Gasteiger partial charge in [0.15, 0.2) is 17.3 Å². The molecule has 4 rings (SSSR count). The van der Waals surface area contributed by atoms with Crippen molar-refractivity contribution >= 4 is 27.5 Å². The van der Waals surface area contributed by atoms with Crippen molar-refractivity contribution in [3.8, 4) is 22.9 Å². The summed E-state index contributed by atoms with van der Waals surface area (Å²) >= 11 is 3.47. The number of anilines is 1. The van der Waals surface area contributed by atoms with Gasteiger partial charge < -0.3 is 14.8 Å². The summed E-state index contributed by atoms with van der Waals surface area (Å²) in [6.45, 7) is 0.990. The highest BCUT2D eigenvalue weighted by molar-refractivity contribution is 9.10. The highest BCUT2D eigenvalue weighted by atomic mass is 79.9. The number of ether oxygens (including phenoxy) is 2. The normalized spacial score (nSPS) is 12.6. The quantitative estimate of drug-likeness (QED) is 0.657. The third-order valence-corrected chi connectivity index (χ3v) is 4.66. The monoisotopic (exact) mass is 431 g/mol. The van der Waals surface area contributed by atoms with E-state index in [1.165, 1.54) is 0 Å². The Morgan fingerprint density at radius 1 is 1.19 bits per heavy atom. The Hall–Kier alpha value is -3.07. The summed E-state index contributed by atoms with van der Waals surface area (Å²) in [6, 6.07) is 10.6. The number of hydrogen-bond acceptors (Lipinski definition) is 6. The molecule has 3 aromatic rings. The second-order valence-corrected chi connectivity index (χ2v) is 6.69. The van der Waals surface area contributed by atoms with E-state index in [2.05, 4.69) is 35.9 Å². The van der Waals surface area contributed by atoms with Crippen LogP contribution in [0.3, 0.4) is 0 Å². The number of H-pyrrole nitrogens is 1. The average molecular weight is 432 g/mol. The summed E-state index contributed by atoms with van der Waals surface area (Å²) < 4.78 is 16.4. The first-order valence-electron chi connectivity index (χ1n) is 8.13. The predicted molar refractivity (Wildman–Crippen MR) is 100 cm³/mol. The minimum Gasteiger partial charge on any atom is -0.486 e. The van der Waals surface area contributed by atoms with Gasteiger partial charge in [0, 0.05) is 15.7 Å². The Labute approximate surface area is 161 Å². The smallest absolute Gasteiger partial charge is 0.439 e. The number of rotatable bonds is 4. The molecule has 1 amide bonds. The van der Waals surface area contributed by atoms with Gasteiger partial charge in [-0.1, -0.05) is 33.2 Å². The topological polar surface area (TPSA) is 106 Å². The third kappa shape index (κ3) is 3.87. The van der Waals surface area contributed by atoms with Crippen LogP contribution in [0.25, 0.3) is 11.4 Å². The molecule has 0 atom stereocenters. The van der Waals surface area contributed by atoms with E-state index in [0.717, 1.165) is 10.0 Å². The summed E-state index contributed by atoms with van der Waals surface area (Å²) in [5, 5.41) is 6.47. The molecule has 1 aromatic heterocycles. The lowest BCUT2D eigenvalue weighted by Gasteiger charge is -2.19. The number of aromatic nitrogens is 2. The van der Waals surface area contributed by atoms with Crippen molar-refractivity contribution in [3.05, 3.63) is 57.0 Å². The molecule has 2 aromatic carbocycles. The van der Waals surface area contributed by atoms with E-state index in [1.54, 1.807) is 36.4 Å². The molecule has 0 aliphatic carbocycles. The molecule has 0 saturated carbocycles. The van der Waals surface area contributed by atoms with Gasteiger partial charge in [0.1, 0.15) is 13.2 Å². The van der Waals surface area contributed by atoms with Gasteiger partial charge in [0.25, 0.3) is 0 Å². The molecule has 2 heterocycles. The minimum atomic E-state index is -0.636. The van der Waals surface area contributed by atoms with Gasteiger partial charge in [-0.05, 0) is 29.8 Å². The molecule has 9 heteroatoms. The summed E-state index contributed by atoms with van der Waals surface area (Å²) in [4.78, 5) is 26.0. The molecule has 1 aliphatic rings. The number of nitrogens with zero attached hydrogens (tertiary/aromatic N) is 1. The number of benzene rings is 2. The molecule has 0 unspecified atom stereocenters. The Balaban J connectivity index is 1.49. The number of aromatic amines is 1. The Morgan fingerprint density at radius 2 is 1.96 bits per heavy atom. The number of carbonyl (C=O) groups is 1. The number of amides is 1. The molecule has 0 saturated heterocycles. The summed E-state index contributed by atoms with van der Waals surface area (Å²) in [6.07, 6.45) is 0.155. The zero-order valence-electron chi connectivity index (χ0n) is 14.0. The van der Waals surface area contributed by atoms with Gasteiger partial charge in [-0.2, -0.15) is 0 Å². The summed E-state index contributed by atoms with van der Waals surface area (Å²) in [7, 11) is 0. The number of carbonyl (C=O) groups excluding carboxylic acids is 1. The van der Waals surface area contributed by atoms with Crippen molar-refractivity contribution in [2.24, 2.45) is 0 Å². The molecule has 0 spiro atoms. The fourth-order valence-electron chi connectivity index (χ4n) is 2.72. The van der Waals surface area contributed by atoms with Crippen LogP contribution in [0.2, 0.25) is 0 Å². The van der Waals surface area contributed by atoms with E-state index >= 15 is 0 Å². The van der Waals surface area contributed by atoms with Crippen LogP contribution < -0.4 is 20.5 Å². The lowest BCUT2D eigenvalue weighted by molar-refractivity contribution is -0.115. The highest BCUT2D eigenvalue weighted by Gasteiger charge is 2.17. The van der Waals surface area contributed by atoms with Crippen molar-refractivity contribution in [2.45, 2.75) is 6.42 Å². The van der Waals surface area contributed by atoms with Gasteiger partial charge in [-0.15, -0.1) is 0 Å². The van der Waals surface area contributed by atoms with Crippen molar-refractivity contribution in [3.63, 3.8) is 0 Å². The van der Waals surface area contributed by atoms with Crippen LogP contribution in [0.1, 0.15) is 5.56 Å². The maximum Gasteiger partial charge on any atom is 0.439 e. The summed E-state index contributed by atoms with van der Waals surface area (Å²) in [5.74, 6) is 0.752. The highest BCUT2D eigenvalue weighted by Crippen LogP contribution is 2.35.